The summed E-state index contributed by atoms with van der Waals surface area (Å²) in [6.45, 7) is 6.57. The van der Waals surface area contributed by atoms with Gasteiger partial charge in [-0.15, -0.1) is 0 Å². The molecule has 2 atom stereocenters. The Balaban J connectivity index is 1.36. The van der Waals surface area contributed by atoms with Gasteiger partial charge >= 0.3 is 0 Å². The van der Waals surface area contributed by atoms with E-state index in [2.05, 4.69) is 15.0 Å². The summed E-state index contributed by atoms with van der Waals surface area (Å²) in [7, 11) is 0. The van der Waals surface area contributed by atoms with Gasteiger partial charge in [0.1, 0.15) is 0 Å². The quantitative estimate of drug-likeness (QED) is 0.853. The first-order chi connectivity index (χ1) is 11.3. The van der Waals surface area contributed by atoms with Gasteiger partial charge in [0.15, 0.2) is 5.82 Å². The second-order valence-electron chi connectivity index (χ2n) is 7.70. The number of hydrogen-bond donors (Lipinski definition) is 0. The fraction of sp³-hybridized carbons (Fsp3) is 0.889. The molecule has 0 bridgehead atoms. The Morgan fingerprint density at radius 3 is 2.57 bits per heavy atom. The molecular formula is C18H29N3O2. The lowest BCUT2D eigenvalue weighted by molar-refractivity contribution is -0.0592. The molecule has 0 N–H and O–H groups in total. The molecule has 0 unspecified atom stereocenters. The maximum Gasteiger partial charge on any atom is 0.232 e. The van der Waals surface area contributed by atoms with Crippen molar-refractivity contribution in [2.75, 3.05) is 26.2 Å². The number of rotatable bonds is 4. The third kappa shape index (κ3) is 3.45. The number of likely N-dealkylation sites (tertiary alicyclic amines) is 1. The molecule has 0 amide bonds. The summed E-state index contributed by atoms with van der Waals surface area (Å²) in [5.41, 5.74) is 0. The Hall–Kier alpha value is -0.940. The molecule has 0 radical (unpaired) electrons. The summed E-state index contributed by atoms with van der Waals surface area (Å²) in [6.07, 6.45) is 9.34. The zero-order valence-electron chi connectivity index (χ0n) is 14.2. The van der Waals surface area contributed by atoms with Crippen molar-refractivity contribution in [1.82, 2.24) is 15.0 Å². The Morgan fingerprint density at radius 1 is 1.09 bits per heavy atom. The van der Waals surface area contributed by atoms with E-state index < -0.39 is 0 Å². The minimum absolute atomic E-state index is 0.273. The second kappa shape index (κ2) is 6.89. The van der Waals surface area contributed by atoms with E-state index in [1.54, 1.807) is 0 Å². The van der Waals surface area contributed by atoms with Gasteiger partial charge in [0, 0.05) is 13.2 Å². The summed E-state index contributed by atoms with van der Waals surface area (Å²) in [5.74, 6) is 3.45. The normalized spacial score (nSPS) is 31.2. The molecule has 5 heteroatoms. The largest absolute Gasteiger partial charge is 0.377 e. The van der Waals surface area contributed by atoms with Gasteiger partial charge in [0.2, 0.25) is 5.89 Å². The lowest BCUT2D eigenvalue weighted by atomic mass is 9.80. The molecule has 3 fully saturated rings. The lowest BCUT2D eigenvalue weighted by Gasteiger charge is -2.41. The molecule has 128 valence electrons. The van der Waals surface area contributed by atoms with Crippen LogP contribution < -0.4 is 0 Å². The lowest BCUT2D eigenvalue weighted by Crippen LogP contribution is -2.44. The predicted molar refractivity (Wildman–Crippen MR) is 87.3 cm³/mol. The van der Waals surface area contributed by atoms with Crippen LogP contribution in [0.3, 0.4) is 0 Å². The number of nitrogens with zero attached hydrogens (tertiary/aromatic N) is 3. The topological polar surface area (TPSA) is 51.4 Å². The van der Waals surface area contributed by atoms with Crippen LogP contribution in [0.2, 0.25) is 0 Å². The number of ether oxygens (including phenoxy) is 1. The van der Waals surface area contributed by atoms with Crippen LogP contribution in [-0.2, 0) is 4.74 Å². The molecule has 3 heterocycles. The van der Waals surface area contributed by atoms with Crippen LogP contribution in [0.4, 0.5) is 0 Å². The van der Waals surface area contributed by atoms with Gasteiger partial charge in [0.25, 0.3) is 0 Å². The molecule has 1 aliphatic carbocycles. The summed E-state index contributed by atoms with van der Waals surface area (Å²) in [6, 6.07) is 0. The zero-order valence-corrected chi connectivity index (χ0v) is 14.2. The van der Waals surface area contributed by atoms with Gasteiger partial charge in [-0.3, -0.25) is 0 Å². The smallest absolute Gasteiger partial charge is 0.232 e. The van der Waals surface area contributed by atoms with E-state index in [0.717, 1.165) is 37.1 Å². The Morgan fingerprint density at radius 2 is 1.91 bits per heavy atom. The predicted octanol–water partition coefficient (Wildman–Crippen LogP) is 3.15. The van der Waals surface area contributed by atoms with Crippen molar-refractivity contribution < 1.29 is 9.26 Å². The first kappa shape index (κ1) is 15.6. The number of piperidine rings is 1. The van der Waals surface area contributed by atoms with Crippen LogP contribution in [0.5, 0.6) is 0 Å². The molecule has 0 spiro atoms. The van der Waals surface area contributed by atoms with E-state index in [1.807, 2.05) is 6.92 Å². The van der Waals surface area contributed by atoms with Crippen molar-refractivity contribution in [1.29, 1.82) is 0 Å². The number of aryl methyl sites for hydroxylation is 1. The van der Waals surface area contributed by atoms with Crippen LogP contribution >= 0.6 is 0 Å². The van der Waals surface area contributed by atoms with Crippen molar-refractivity contribution in [3.63, 3.8) is 0 Å². The van der Waals surface area contributed by atoms with Gasteiger partial charge in [-0.1, -0.05) is 11.6 Å². The van der Waals surface area contributed by atoms with E-state index in [0.29, 0.717) is 11.8 Å². The van der Waals surface area contributed by atoms with Gasteiger partial charge in [0.05, 0.1) is 12.0 Å². The highest BCUT2D eigenvalue weighted by Gasteiger charge is 2.38. The fourth-order valence-corrected chi connectivity index (χ4v) is 4.50. The third-order valence-corrected chi connectivity index (χ3v) is 6.06. The summed E-state index contributed by atoms with van der Waals surface area (Å²) in [5, 5.41) is 3.98. The highest BCUT2D eigenvalue weighted by atomic mass is 16.5. The standard InChI is InChI=1S/C18H29N3O2/c1-13-19-18(23-20-13)16-6-3-11-22-17(16)15-7-9-21(10-8-15)12-14-4-2-5-14/h14-17H,2-12H2,1H3/t16-,17+/m1/s1. The van der Waals surface area contributed by atoms with Crippen LogP contribution in [0.1, 0.15) is 62.6 Å². The molecule has 2 saturated heterocycles. The van der Waals surface area contributed by atoms with Crippen LogP contribution in [-0.4, -0.2) is 47.4 Å². The van der Waals surface area contributed by atoms with Crippen molar-refractivity contribution in [3.05, 3.63) is 11.7 Å². The molecule has 1 saturated carbocycles. The zero-order chi connectivity index (χ0) is 15.6. The molecule has 0 aromatic carbocycles. The molecule has 3 aliphatic rings. The highest BCUT2D eigenvalue weighted by molar-refractivity contribution is 5.01. The average molecular weight is 319 g/mol. The van der Waals surface area contributed by atoms with Gasteiger partial charge < -0.3 is 14.2 Å². The second-order valence-corrected chi connectivity index (χ2v) is 7.70. The Labute approximate surface area is 138 Å². The number of hydrogen-bond acceptors (Lipinski definition) is 5. The molecule has 5 nitrogen and oxygen atoms in total. The van der Waals surface area contributed by atoms with Crippen molar-refractivity contribution in [2.45, 2.75) is 63.9 Å². The average Bonchev–Trinajstić information content (AvgIpc) is 2.98. The SMILES string of the molecule is Cc1noc([C@@H]2CCCO[C@H]2C2CCN(CC3CCC3)CC2)n1. The molecule has 4 rings (SSSR count). The number of aromatic nitrogens is 2. The van der Waals surface area contributed by atoms with Crippen LogP contribution in [0, 0.1) is 18.8 Å². The highest BCUT2D eigenvalue weighted by Crippen LogP contribution is 2.38. The van der Waals surface area contributed by atoms with E-state index in [9.17, 15) is 0 Å². The molecular weight excluding hydrogens is 290 g/mol. The summed E-state index contributed by atoms with van der Waals surface area (Å²) >= 11 is 0. The van der Waals surface area contributed by atoms with Crippen molar-refractivity contribution in [3.8, 4) is 0 Å². The minimum Gasteiger partial charge on any atom is -0.377 e. The first-order valence-corrected chi connectivity index (χ1v) is 9.44. The Bertz CT molecular complexity index is 506. The summed E-state index contributed by atoms with van der Waals surface area (Å²) in [4.78, 5) is 7.16. The molecule has 1 aromatic rings. The molecule has 2 aliphatic heterocycles. The van der Waals surface area contributed by atoms with Gasteiger partial charge in [-0.25, -0.2) is 0 Å². The van der Waals surface area contributed by atoms with Crippen molar-refractivity contribution >= 4 is 0 Å². The Kier molecular flexibility index (Phi) is 4.67. The third-order valence-electron chi connectivity index (χ3n) is 6.06. The monoisotopic (exact) mass is 319 g/mol. The minimum atomic E-state index is 0.273. The first-order valence-electron chi connectivity index (χ1n) is 9.44. The summed E-state index contributed by atoms with van der Waals surface area (Å²) < 4.78 is 11.7. The molecule has 1 aromatic heterocycles. The van der Waals surface area contributed by atoms with E-state index in [1.165, 1.54) is 51.7 Å². The van der Waals surface area contributed by atoms with Crippen LogP contribution in [0.15, 0.2) is 4.52 Å². The maximum absolute atomic E-state index is 6.20. The maximum atomic E-state index is 6.20. The molecule has 23 heavy (non-hydrogen) atoms. The van der Waals surface area contributed by atoms with Crippen molar-refractivity contribution in [2.24, 2.45) is 11.8 Å². The van der Waals surface area contributed by atoms with Gasteiger partial charge in [-0.2, -0.15) is 4.98 Å². The van der Waals surface area contributed by atoms with E-state index in [-0.39, 0.29) is 6.10 Å². The van der Waals surface area contributed by atoms with Gasteiger partial charge in [-0.05, 0) is 70.4 Å². The fourth-order valence-electron chi connectivity index (χ4n) is 4.50. The van der Waals surface area contributed by atoms with E-state index in [4.69, 9.17) is 9.26 Å². The van der Waals surface area contributed by atoms with E-state index >= 15 is 0 Å². The van der Waals surface area contributed by atoms with Crippen LogP contribution in [0.25, 0.3) is 0 Å².